The van der Waals surface area contributed by atoms with Gasteiger partial charge in [0.15, 0.2) is 0 Å². The molecule has 2 aromatic carbocycles. The monoisotopic (exact) mass is 577 g/mol. The molecule has 3 heterocycles. The van der Waals surface area contributed by atoms with Crippen molar-refractivity contribution >= 4 is 17.5 Å². The van der Waals surface area contributed by atoms with E-state index < -0.39 is 34.8 Å². The van der Waals surface area contributed by atoms with E-state index in [4.69, 9.17) is 5.73 Å². The second-order valence-electron chi connectivity index (χ2n) is 10.6. The average molecular weight is 578 g/mol. The highest BCUT2D eigenvalue weighted by Gasteiger charge is 2.40. The lowest BCUT2D eigenvalue weighted by atomic mass is 9.98. The minimum atomic E-state index is -5.03. The molecule has 2 aliphatic rings. The van der Waals surface area contributed by atoms with Gasteiger partial charge in [0.2, 0.25) is 5.79 Å². The number of fused-ring (bicyclic) bond motifs is 1. The number of nitrogens with zero attached hydrogens (tertiary/aromatic N) is 3. The lowest BCUT2D eigenvalue weighted by Gasteiger charge is -2.34. The fourth-order valence-corrected chi connectivity index (χ4v) is 4.84. The molecule has 1 unspecified atom stereocenters. The van der Waals surface area contributed by atoms with E-state index in [-0.39, 0.29) is 11.9 Å². The summed E-state index contributed by atoms with van der Waals surface area (Å²) in [5.74, 6) is -1.57. The number of nitrogens with one attached hydrogen (secondary N) is 3. The summed E-state index contributed by atoms with van der Waals surface area (Å²) in [4.78, 5) is 4.23. The van der Waals surface area contributed by atoms with Crippen LogP contribution in [0.2, 0.25) is 0 Å². The molecule has 13 heteroatoms. The van der Waals surface area contributed by atoms with Gasteiger partial charge in [-0.05, 0) is 60.3 Å². The van der Waals surface area contributed by atoms with Gasteiger partial charge < -0.3 is 16.0 Å². The van der Waals surface area contributed by atoms with E-state index in [1.54, 1.807) is 17.1 Å². The maximum Gasteiger partial charge on any atom is 0.416 e. The maximum absolute atomic E-state index is 13.6. The van der Waals surface area contributed by atoms with Crippen molar-refractivity contribution < 1.29 is 26.3 Å². The van der Waals surface area contributed by atoms with Crippen LogP contribution in [0.4, 0.5) is 32.0 Å². The van der Waals surface area contributed by atoms with Crippen LogP contribution in [0.15, 0.2) is 59.6 Å². The standard InChI is InChI=1S/C28H29F6N7/c1-16(2)14-41-15-19(12-38-41)24-13-37-28(35,22-9-20(26(29,30)31)8-21(10-22)27(32,33)34)40-25(24)39-23-4-3-17-5-6-36-11-18(17)7-23/h3-4,7-10,12-13,15-16,36,39-40H,5-6,11,14,35H2,1-2H3. The van der Waals surface area contributed by atoms with Crippen LogP contribution in [-0.2, 0) is 37.6 Å². The number of aliphatic imine (C=N–C) groups is 1. The van der Waals surface area contributed by atoms with Crippen LogP contribution in [0, 0.1) is 5.92 Å². The van der Waals surface area contributed by atoms with Crippen molar-refractivity contribution in [2.45, 2.75) is 51.5 Å². The van der Waals surface area contributed by atoms with E-state index >= 15 is 0 Å². The second kappa shape index (κ2) is 10.5. The number of halogens is 6. The van der Waals surface area contributed by atoms with Crippen LogP contribution in [0.5, 0.6) is 0 Å². The molecule has 1 atom stereocenters. The summed E-state index contributed by atoms with van der Waals surface area (Å²) in [6, 6.07) is 6.99. The minimum absolute atomic E-state index is 0.0596. The Hall–Kier alpha value is -3.84. The molecule has 7 nitrogen and oxygen atoms in total. The van der Waals surface area contributed by atoms with E-state index in [1.807, 2.05) is 32.0 Å². The zero-order valence-electron chi connectivity index (χ0n) is 22.3. The summed E-state index contributed by atoms with van der Waals surface area (Å²) in [5.41, 5.74) is 6.99. The van der Waals surface area contributed by atoms with Crippen LogP contribution in [-0.4, -0.2) is 22.5 Å². The predicted molar refractivity (Wildman–Crippen MR) is 143 cm³/mol. The highest BCUT2D eigenvalue weighted by Crippen LogP contribution is 2.39. The fraction of sp³-hybridized carbons (Fsp3) is 0.357. The van der Waals surface area contributed by atoms with E-state index in [0.29, 0.717) is 48.0 Å². The molecule has 0 aliphatic carbocycles. The number of alkyl halides is 6. The van der Waals surface area contributed by atoms with Crippen LogP contribution in [0.1, 0.15) is 47.2 Å². The van der Waals surface area contributed by atoms with Crippen LogP contribution >= 0.6 is 0 Å². The molecule has 5 rings (SSSR count). The first kappa shape index (κ1) is 28.7. The summed E-state index contributed by atoms with van der Waals surface area (Å²) < 4.78 is 83.4. The van der Waals surface area contributed by atoms with Gasteiger partial charge in [-0.3, -0.25) is 10.4 Å². The average Bonchev–Trinajstić information content (AvgIpc) is 3.35. The van der Waals surface area contributed by atoms with Crippen LogP contribution < -0.4 is 21.7 Å². The number of nitrogens with two attached hydrogens (primary N) is 1. The summed E-state index contributed by atoms with van der Waals surface area (Å²) >= 11 is 0. The Morgan fingerprint density at radius 1 is 1.02 bits per heavy atom. The van der Waals surface area contributed by atoms with Crippen molar-refractivity contribution in [2.75, 3.05) is 11.9 Å². The van der Waals surface area contributed by atoms with Gasteiger partial charge in [-0.15, -0.1) is 0 Å². The summed E-state index contributed by atoms with van der Waals surface area (Å²) in [7, 11) is 0. The molecule has 0 saturated heterocycles. The van der Waals surface area contributed by atoms with Crippen molar-refractivity contribution in [3.63, 3.8) is 0 Å². The Labute approximate surface area is 232 Å². The molecule has 0 saturated carbocycles. The van der Waals surface area contributed by atoms with Crippen molar-refractivity contribution in [3.8, 4) is 0 Å². The molecule has 0 radical (unpaired) electrons. The Morgan fingerprint density at radius 3 is 2.39 bits per heavy atom. The van der Waals surface area contributed by atoms with E-state index in [9.17, 15) is 26.3 Å². The topological polar surface area (TPSA) is 92.3 Å². The lowest BCUT2D eigenvalue weighted by Crippen LogP contribution is -2.52. The van der Waals surface area contributed by atoms with Gasteiger partial charge >= 0.3 is 12.4 Å². The van der Waals surface area contributed by atoms with Crippen LogP contribution in [0.3, 0.4) is 0 Å². The van der Waals surface area contributed by atoms with Gasteiger partial charge in [0.05, 0.1) is 17.3 Å². The zero-order valence-corrected chi connectivity index (χ0v) is 22.3. The number of allylic oxidation sites excluding steroid dienone is 1. The molecule has 218 valence electrons. The smallest absolute Gasteiger partial charge is 0.341 e. The van der Waals surface area contributed by atoms with Crippen molar-refractivity contribution in [1.82, 2.24) is 20.4 Å². The molecule has 0 bridgehead atoms. The van der Waals surface area contributed by atoms with Gasteiger partial charge in [-0.25, -0.2) is 4.99 Å². The second-order valence-corrected chi connectivity index (χ2v) is 10.6. The van der Waals surface area contributed by atoms with Crippen molar-refractivity contribution in [2.24, 2.45) is 16.6 Å². The predicted octanol–water partition coefficient (Wildman–Crippen LogP) is 5.45. The minimum Gasteiger partial charge on any atom is -0.341 e. The highest BCUT2D eigenvalue weighted by molar-refractivity contribution is 6.12. The van der Waals surface area contributed by atoms with E-state index in [0.717, 1.165) is 18.5 Å². The highest BCUT2D eigenvalue weighted by atomic mass is 19.4. The molecule has 3 aromatic rings. The number of benzene rings is 2. The first-order chi connectivity index (χ1) is 19.2. The Kier molecular flexibility index (Phi) is 7.36. The largest absolute Gasteiger partial charge is 0.416 e. The molecule has 1 aromatic heterocycles. The quantitative estimate of drug-likeness (QED) is 0.293. The van der Waals surface area contributed by atoms with Gasteiger partial charge in [0.25, 0.3) is 0 Å². The first-order valence-corrected chi connectivity index (χ1v) is 13.0. The van der Waals surface area contributed by atoms with Gasteiger partial charge in [-0.2, -0.15) is 31.4 Å². The van der Waals surface area contributed by atoms with Gasteiger partial charge in [0.1, 0.15) is 5.82 Å². The third-order valence-corrected chi connectivity index (χ3v) is 6.87. The normalized spacial score (nSPS) is 19.4. The summed E-state index contributed by atoms with van der Waals surface area (Å²) in [6.45, 7) is 6.24. The number of hydrogen-bond donors (Lipinski definition) is 4. The molecule has 0 amide bonds. The SMILES string of the molecule is CC(C)Cn1cc(C2=C(Nc3ccc4c(c3)CNCC4)NC(N)(c3cc(C(F)(F)F)cc(C(F)(F)F)c3)N=C2)cn1. The number of rotatable bonds is 6. The fourth-order valence-electron chi connectivity index (χ4n) is 4.84. The van der Waals surface area contributed by atoms with Crippen LogP contribution in [0.25, 0.3) is 5.57 Å². The Balaban J connectivity index is 1.58. The number of aromatic nitrogens is 2. The number of hydrogen-bond acceptors (Lipinski definition) is 6. The summed E-state index contributed by atoms with van der Waals surface area (Å²) in [5, 5.41) is 13.8. The third-order valence-electron chi connectivity index (χ3n) is 6.87. The van der Waals surface area contributed by atoms with E-state index in [1.165, 1.54) is 11.8 Å². The zero-order chi connectivity index (χ0) is 29.6. The number of anilines is 1. The molecule has 0 fully saturated rings. The lowest BCUT2D eigenvalue weighted by molar-refractivity contribution is -0.143. The first-order valence-electron chi connectivity index (χ1n) is 13.0. The molecule has 0 spiro atoms. The summed E-state index contributed by atoms with van der Waals surface area (Å²) in [6.07, 6.45) is -4.46. The maximum atomic E-state index is 13.6. The molecule has 2 aliphatic heterocycles. The molecular weight excluding hydrogens is 548 g/mol. The molecule has 41 heavy (non-hydrogen) atoms. The molecular formula is C28H29F6N7. The van der Waals surface area contributed by atoms with Gasteiger partial charge in [0, 0.05) is 47.9 Å². The van der Waals surface area contributed by atoms with E-state index in [2.05, 4.69) is 26.0 Å². The van der Waals surface area contributed by atoms with Crippen molar-refractivity contribution in [3.05, 3.63) is 88.0 Å². The van der Waals surface area contributed by atoms with Gasteiger partial charge in [-0.1, -0.05) is 19.9 Å². The Bertz CT molecular complexity index is 1470. The Morgan fingerprint density at radius 2 is 1.73 bits per heavy atom. The van der Waals surface area contributed by atoms with Crippen molar-refractivity contribution in [1.29, 1.82) is 0 Å². The molecule has 5 N–H and O–H groups in total. The third kappa shape index (κ3) is 6.25.